The highest BCUT2D eigenvalue weighted by Crippen LogP contribution is 2.37. The van der Waals surface area contributed by atoms with Crippen molar-refractivity contribution in [3.05, 3.63) is 107 Å². The zero-order chi connectivity index (χ0) is 24.0. The fourth-order valence-corrected chi connectivity index (χ4v) is 5.62. The molecule has 0 radical (unpaired) electrons. The lowest BCUT2D eigenvalue weighted by Gasteiger charge is -2.33. The first-order valence-corrected chi connectivity index (χ1v) is 12.9. The summed E-state index contributed by atoms with van der Waals surface area (Å²) in [4.78, 5) is 0. The molecule has 2 unspecified atom stereocenters. The fraction of sp³-hybridized carbons (Fsp3) is 0.387. The number of hydrazone groups is 1. The Morgan fingerprint density at radius 3 is 2.14 bits per heavy atom. The number of ether oxygens (including phenoxy) is 1. The summed E-state index contributed by atoms with van der Waals surface area (Å²) in [6, 6.07) is 28.1. The molecule has 0 spiro atoms. The van der Waals surface area contributed by atoms with Crippen LogP contribution in [-0.4, -0.2) is 29.9 Å². The first-order chi connectivity index (χ1) is 17.2. The van der Waals surface area contributed by atoms with E-state index in [2.05, 4.69) is 66.5 Å². The van der Waals surface area contributed by atoms with E-state index in [0.29, 0.717) is 18.4 Å². The summed E-state index contributed by atoms with van der Waals surface area (Å²) in [7, 11) is 0. The Morgan fingerprint density at radius 1 is 0.829 bits per heavy atom. The van der Waals surface area contributed by atoms with E-state index in [9.17, 15) is 4.39 Å². The second-order valence-corrected chi connectivity index (χ2v) is 10.1. The van der Waals surface area contributed by atoms with Gasteiger partial charge in [0.1, 0.15) is 5.82 Å². The number of hydrogen-bond donors (Lipinski definition) is 0. The molecule has 3 aromatic carbocycles. The average molecular weight is 471 g/mol. The van der Waals surface area contributed by atoms with Gasteiger partial charge in [0, 0.05) is 13.2 Å². The third-order valence-corrected chi connectivity index (χ3v) is 7.66. The van der Waals surface area contributed by atoms with Gasteiger partial charge in [-0.05, 0) is 73.3 Å². The van der Waals surface area contributed by atoms with Crippen LogP contribution in [0.4, 0.5) is 4.39 Å². The lowest BCUT2D eigenvalue weighted by Crippen LogP contribution is -2.34. The Hall–Kier alpha value is -2.98. The maximum absolute atomic E-state index is 13.6. The Morgan fingerprint density at radius 2 is 1.46 bits per heavy atom. The lowest BCUT2D eigenvalue weighted by molar-refractivity contribution is 0.0614. The van der Waals surface area contributed by atoms with Gasteiger partial charge in [0.05, 0.1) is 24.3 Å². The Bertz CT molecular complexity index is 1090. The van der Waals surface area contributed by atoms with E-state index in [4.69, 9.17) is 9.84 Å². The maximum atomic E-state index is 13.6. The number of benzene rings is 3. The smallest absolute Gasteiger partial charge is 0.123 e. The molecule has 0 N–H and O–H groups in total. The van der Waals surface area contributed by atoms with Crippen molar-refractivity contribution in [1.29, 1.82) is 0 Å². The van der Waals surface area contributed by atoms with Crippen molar-refractivity contribution in [3.63, 3.8) is 0 Å². The van der Waals surface area contributed by atoms with Crippen LogP contribution in [0.5, 0.6) is 0 Å². The Balaban J connectivity index is 1.20. The minimum atomic E-state index is -0.210. The first-order valence-electron chi connectivity index (χ1n) is 12.9. The average Bonchev–Trinajstić information content (AvgIpc) is 3.22. The van der Waals surface area contributed by atoms with Gasteiger partial charge >= 0.3 is 0 Å². The standard InChI is InChI=1S/C31H35FN2O/c1-23-30(27-10-6-3-7-11-27)31(28-16-18-29(32)19-17-28)33-34(23)20-24-12-14-26(15-13-24)22-35-21-25-8-4-2-5-9-25/h2-11,16-19,23-24,26,30H,12-15,20-22H2,1H3/t23?,24-,26-,30?. The number of nitrogens with zero attached hydrogens (tertiary/aromatic N) is 2. The molecule has 5 rings (SSSR count). The predicted molar refractivity (Wildman–Crippen MR) is 140 cm³/mol. The van der Waals surface area contributed by atoms with Crippen molar-refractivity contribution < 1.29 is 9.13 Å². The van der Waals surface area contributed by atoms with Crippen LogP contribution in [0.1, 0.15) is 55.2 Å². The maximum Gasteiger partial charge on any atom is 0.123 e. The van der Waals surface area contributed by atoms with E-state index in [-0.39, 0.29) is 17.8 Å². The highest BCUT2D eigenvalue weighted by Gasteiger charge is 2.37. The van der Waals surface area contributed by atoms with E-state index in [1.54, 1.807) is 0 Å². The van der Waals surface area contributed by atoms with Gasteiger partial charge < -0.3 is 4.74 Å². The monoisotopic (exact) mass is 470 g/mol. The molecular weight excluding hydrogens is 435 g/mol. The zero-order valence-electron chi connectivity index (χ0n) is 20.5. The molecule has 35 heavy (non-hydrogen) atoms. The summed E-state index contributed by atoms with van der Waals surface area (Å²) in [5, 5.41) is 7.42. The van der Waals surface area contributed by atoms with Crippen LogP contribution in [0.15, 0.2) is 90.0 Å². The van der Waals surface area contributed by atoms with Gasteiger partial charge in [-0.15, -0.1) is 0 Å². The summed E-state index contributed by atoms with van der Waals surface area (Å²) < 4.78 is 19.6. The topological polar surface area (TPSA) is 24.8 Å². The normalized spacial score (nSPS) is 24.4. The summed E-state index contributed by atoms with van der Waals surface area (Å²) in [6.45, 7) is 4.81. The summed E-state index contributed by atoms with van der Waals surface area (Å²) in [5.74, 6) is 1.28. The summed E-state index contributed by atoms with van der Waals surface area (Å²) in [5.41, 5.74) is 4.57. The summed E-state index contributed by atoms with van der Waals surface area (Å²) in [6.07, 6.45) is 4.89. The lowest BCUT2D eigenvalue weighted by atomic mass is 9.81. The number of halogens is 1. The molecule has 3 aromatic rings. The molecule has 1 fully saturated rings. The van der Waals surface area contributed by atoms with Crippen LogP contribution >= 0.6 is 0 Å². The van der Waals surface area contributed by atoms with Gasteiger partial charge in [-0.25, -0.2) is 4.39 Å². The molecule has 1 saturated carbocycles. The van der Waals surface area contributed by atoms with Crippen molar-refractivity contribution in [2.75, 3.05) is 13.2 Å². The minimum Gasteiger partial charge on any atom is -0.376 e. The van der Waals surface area contributed by atoms with Gasteiger partial charge in [0.25, 0.3) is 0 Å². The van der Waals surface area contributed by atoms with Crippen LogP contribution < -0.4 is 0 Å². The molecule has 2 aliphatic rings. The second-order valence-electron chi connectivity index (χ2n) is 10.1. The highest BCUT2D eigenvalue weighted by atomic mass is 19.1. The van der Waals surface area contributed by atoms with Crippen molar-refractivity contribution in [2.45, 2.75) is 51.2 Å². The van der Waals surface area contributed by atoms with Gasteiger partial charge in [-0.1, -0.05) is 72.8 Å². The van der Waals surface area contributed by atoms with E-state index in [1.165, 1.54) is 48.9 Å². The number of hydrogen-bond acceptors (Lipinski definition) is 3. The summed E-state index contributed by atoms with van der Waals surface area (Å²) >= 11 is 0. The number of rotatable bonds is 8. The van der Waals surface area contributed by atoms with Crippen LogP contribution in [0.25, 0.3) is 0 Å². The van der Waals surface area contributed by atoms with Gasteiger partial charge in [-0.3, -0.25) is 5.01 Å². The molecule has 3 nitrogen and oxygen atoms in total. The van der Waals surface area contributed by atoms with Crippen molar-refractivity contribution in [3.8, 4) is 0 Å². The van der Waals surface area contributed by atoms with Crippen molar-refractivity contribution in [2.24, 2.45) is 16.9 Å². The minimum absolute atomic E-state index is 0.185. The van der Waals surface area contributed by atoms with Crippen molar-refractivity contribution >= 4 is 5.71 Å². The largest absolute Gasteiger partial charge is 0.376 e. The van der Waals surface area contributed by atoms with Crippen molar-refractivity contribution in [1.82, 2.24) is 5.01 Å². The molecule has 0 aromatic heterocycles. The van der Waals surface area contributed by atoms with Crippen LogP contribution in [0.3, 0.4) is 0 Å². The molecule has 4 heteroatoms. The van der Waals surface area contributed by atoms with E-state index in [0.717, 1.165) is 24.4 Å². The molecule has 1 heterocycles. The molecule has 0 amide bonds. The van der Waals surface area contributed by atoms with Gasteiger partial charge in [-0.2, -0.15) is 5.10 Å². The van der Waals surface area contributed by atoms with Gasteiger partial charge in [0.2, 0.25) is 0 Å². The van der Waals surface area contributed by atoms with Crippen LogP contribution in [0.2, 0.25) is 0 Å². The van der Waals surface area contributed by atoms with Crippen LogP contribution in [0, 0.1) is 17.7 Å². The van der Waals surface area contributed by atoms with Crippen LogP contribution in [-0.2, 0) is 11.3 Å². The van der Waals surface area contributed by atoms with E-state index in [1.807, 2.05) is 18.2 Å². The third kappa shape index (κ3) is 5.82. The predicted octanol–water partition coefficient (Wildman–Crippen LogP) is 7.04. The zero-order valence-corrected chi connectivity index (χ0v) is 20.5. The fourth-order valence-electron chi connectivity index (χ4n) is 5.62. The SMILES string of the molecule is CC1C(c2ccccc2)C(c2ccc(F)cc2)=NN1C[C@H]1CC[C@H](COCc2ccccc2)CC1. The molecule has 0 saturated heterocycles. The molecule has 1 aliphatic carbocycles. The molecule has 1 aliphatic heterocycles. The van der Waals surface area contributed by atoms with Gasteiger partial charge in [0.15, 0.2) is 0 Å². The first kappa shape index (κ1) is 23.7. The molecular formula is C31H35FN2O. The second kappa shape index (κ2) is 11.2. The Kier molecular flexibility index (Phi) is 7.58. The molecule has 182 valence electrons. The molecule has 2 atom stereocenters. The Labute approximate surface area is 208 Å². The van der Waals surface area contributed by atoms with E-state index < -0.39 is 0 Å². The molecule has 0 bridgehead atoms. The third-order valence-electron chi connectivity index (χ3n) is 7.66. The quantitative estimate of drug-likeness (QED) is 0.353. The highest BCUT2D eigenvalue weighted by molar-refractivity contribution is 6.06. The van der Waals surface area contributed by atoms with E-state index >= 15 is 0 Å².